The molecule has 0 unspecified atom stereocenters. The van der Waals surface area contributed by atoms with Gasteiger partial charge in [0.2, 0.25) is 0 Å². The van der Waals surface area contributed by atoms with Gasteiger partial charge in [0.15, 0.2) is 0 Å². The Kier molecular flexibility index (Phi) is 6.22. The Bertz CT molecular complexity index is 615. The first-order valence-corrected chi connectivity index (χ1v) is 9.87. The molecule has 3 rings (SSSR count). The molecule has 1 aliphatic rings. The molecule has 0 amide bonds. The molecule has 1 aliphatic heterocycles. The fraction of sp³-hybridized carbons (Fsp3) is 0.429. The number of aromatic hydroxyl groups is 1. The summed E-state index contributed by atoms with van der Waals surface area (Å²) >= 11 is 1.87. The van der Waals surface area contributed by atoms with E-state index in [0.717, 1.165) is 18.2 Å². The van der Waals surface area contributed by atoms with Crippen LogP contribution in [-0.4, -0.2) is 35.4 Å². The summed E-state index contributed by atoms with van der Waals surface area (Å²) in [4.78, 5) is 3.83. The molecule has 128 valence electrons. The zero-order valence-corrected chi connectivity index (χ0v) is 15.3. The highest BCUT2D eigenvalue weighted by atomic mass is 32.2. The first kappa shape index (κ1) is 17.4. The number of benzene rings is 2. The van der Waals surface area contributed by atoms with E-state index in [1.54, 1.807) is 12.1 Å². The number of thioether (sulfide) groups is 1. The van der Waals surface area contributed by atoms with Crippen LogP contribution in [0.1, 0.15) is 24.0 Å². The van der Waals surface area contributed by atoms with Gasteiger partial charge in [-0.2, -0.15) is 0 Å². The molecule has 2 aromatic carbocycles. The number of aryl methyl sites for hydroxylation is 1. The second kappa shape index (κ2) is 8.59. The summed E-state index contributed by atoms with van der Waals surface area (Å²) in [6.07, 6.45) is 3.87. The summed E-state index contributed by atoms with van der Waals surface area (Å²) in [6, 6.07) is 16.5. The average molecular weight is 342 g/mol. The molecule has 0 atom stereocenters. The molecule has 2 aromatic rings. The van der Waals surface area contributed by atoms with Crippen molar-refractivity contribution in [1.82, 2.24) is 4.90 Å². The van der Waals surface area contributed by atoms with Crippen molar-refractivity contribution >= 4 is 11.8 Å². The molecule has 0 aromatic heterocycles. The Morgan fingerprint density at radius 3 is 2.33 bits per heavy atom. The molecule has 0 bridgehead atoms. The third-order valence-electron chi connectivity index (χ3n) is 4.87. The van der Waals surface area contributed by atoms with E-state index in [9.17, 15) is 5.11 Å². The van der Waals surface area contributed by atoms with Crippen molar-refractivity contribution in [3.8, 4) is 5.75 Å². The lowest BCUT2D eigenvalue weighted by molar-refractivity contribution is 0.193. The maximum Gasteiger partial charge on any atom is 0.115 e. The number of likely N-dealkylation sites (tertiary alicyclic amines) is 1. The van der Waals surface area contributed by atoms with Crippen molar-refractivity contribution in [2.24, 2.45) is 5.92 Å². The molecule has 2 nitrogen and oxygen atoms in total. The number of phenols is 1. The summed E-state index contributed by atoms with van der Waals surface area (Å²) < 4.78 is 0. The van der Waals surface area contributed by atoms with Crippen LogP contribution in [0.4, 0.5) is 0 Å². The first-order chi connectivity index (χ1) is 11.7. The van der Waals surface area contributed by atoms with Crippen molar-refractivity contribution in [1.29, 1.82) is 0 Å². The topological polar surface area (TPSA) is 23.5 Å². The third-order valence-corrected chi connectivity index (χ3v) is 5.86. The highest BCUT2D eigenvalue weighted by Crippen LogP contribution is 2.24. The quantitative estimate of drug-likeness (QED) is 0.767. The molecule has 0 radical (unpaired) electrons. The van der Waals surface area contributed by atoms with Crippen LogP contribution in [0.25, 0.3) is 0 Å². The molecule has 0 aliphatic carbocycles. The third kappa shape index (κ3) is 5.29. The molecular formula is C21H27NOS. The fourth-order valence-electron chi connectivity index (χ4n) is 3.31. The highest BCUT2D eigenvalue weighted by molar-refractivity contribution is 7.99. The zero-order valence-electron chi connectivity index (χ0n) is 14.4. The molecular weight excluding hydrogens is 314 g/mol. The Balaban J connectivity index is 1.36. The normalized spacial score (nSPS) is 16.4. The van der Waals surface area contributed by atoms with Gasteiger partial charge in [0, 0.05) is 17.2 Å². The van der Waals surface area contributed by atoms with Gasteiger partial charge in [-0.3, -0.25) is 0 Å². The van der Waals surface area contributed by atoms with Crippen molar-refractivity contribution in [3.05, 3.63) is 59.7 Å². The van der Waals surface area contributed by atoms with E-state index in [4.69, 9.17) is 0 Å². The van der Waals surface area contributed by atoms with Crippen LogP contribution >= 0.6 is 11.8 Å². The van der Waals surface area contributed by atoms with Crippen molar-refractivity contribution in [2.45, 2.75) is 31.1 Å². The lowest BCUT2D eigenvalue weighted by Crippen LogP contribution is -2.35. The van der Waals surface area contributed by atoms with Crippen LogP contribution in [0.15, 0.2) is 53.4 Å². The van der Waals surface area contributed by atoms with Crippen LogP contribution in [0.2, 0.25) is 0 Å². The molecule has 1 N–H and O–H groups in total. The molecule has 24 heavy (non-hydrogen) atoms. The second-order valence-corrected chi connectivity index (χ2v) is 7.99. The summed E-state index contributed by atoms with van der Waals surface area (Å²) in [5.41, 5.74) is 2.83. The Morgan fingerprint density at radius 1 is 1.00 bits per heavy atom. The lowest BCUT2D eigenvalue weighted by Gasteiger charge is -2.32. The largest absolute Gasteiger partial charge is 0.508 e. The molecule has 1 saturated heterocycles. The Labute approximate surface area is 149 Å². The predicted octanol–water partition coefficient (Wildman–Crippen LogP) is 4.75. The Morgan fingerprint density at radius 2 is 1.67 bits per heavy atom. The van der Waals surface area contributed by atoms with Gasteiger partial charge in [-0.25, -0.2) is 0 Å². The van der Waals surface area contributed by atoms with Crippen LogP contribution in [0, 0.1) is 12.8 Å². The van der Waals surface area contributed by atoms with Crippen LogP contribution < -0.4 is 0 Å². The molecule has 0 saturated carbocycles. The number of hydrogen-bond acceptors (Lipinski definition) is 3. The van der Waals surface area contributed by atoms with Crippen LogP contribution in [0.3, 0.4) is 0 Å². The minimum atomic E-state index is 0.343. The van der Waals surface area contributed by atoms with Gasteiger partial charge in [-0.15, -0.1) is 11.8 Å². The van der Waals surface area contributed by atoms with Gasteiger partial charge in [-0.1, -0.05) is 29.8 Å². The van der Waals surface area contributed by atoms with Crippen molar-refractivity contribution in [3.63, 3.8) is 0 Å². The SMILES string of the molecule is Cc1ccc(CC2CCN(CCSc3ccc(O)cc3)CC2)cc1. The average Bonchev–Trinajstić information content (AvgIpc) is 2.60. The summed E-state index contributed by atoms with van der Waals surface area (Å²) in [7, 11) is 0. The summed E-state index contributed by atoms with van der Waals surface area (Å²) in [6.45, 7) is 5.76. The van der Waals surface area contributed by atoms with Crippen LogP contribution in [-0.2, 0) is 6.42 Å². The molecule has 0 spiro atoms. The van der Waals surface area contributed by atoms with E-state index < -0.39 is 0 Å². The van der Waals surface area contributed by atoms with Crippen molar-refractivity contribution < 1.29 is 5.11 Å². The lowest BCUT2D eigenvalue weighted by atomic mass is 9.90. The van der Waals surface area contributed by atoms with Gasteiger partial charge in [0.1, 0.15) is 5.75 Å². The smallest absolute Gasteiger partial charge is 0.115 e. The van der Waals surface area contributed by atoms with Gasteiger partial charge in [0.05, 0.1) is 0 Å². The minimum Gasteiger partial charge on any atom is -0.508 e. The van der Waals surface area contributed by atoms with Gasteiger partial charge >= 0.3 is 0 Å². The number of piperidine rings is 1. The monoisotopic (exact) mass is 341 g/mol. The summed E-state index contributed by atoms with van der Waals surface area (Å²) in [5, 5.41) is 9.31. The number of phenolic OH excluding ortho intramolecular Hbond substituents is 1. The predicted molar refractivity (Wildman–Crippen MR) is 103 cm³/mol. The number of nitrogens with zero attached hydrogens (tertiary/aromatic N) is 1. The summed E-state index contributed by atoms with van der Waals surface area (Å²) in [5.74, 6) is 2.30. The standard InChI is InChI=1S/C21H27NOS/c1-17-2-4-18(5-3-17)16-19-10-12-22(13-11-19)14-15-24-21-8-6-20(23)7-9-21/h2-9,19,23H,10-16H2,1H3. The van der Waals surface area contributed by atoms with E-state index in [0.29, 0.717) is 5.75 Å². The second-order valence-electron chi connectivity index (χ2n) is 6.82. The van der Waals surface area contributed by atoms with E-state index in [-0.39, 0.29) is 0 Å². The van der Waals surface area contributed by atoms with E-state index in [1.165, 1.54) is 48.4 Å². The minimum absolute atomic E-state index is 0.343. The van der Waals surface area contributed by atoms with E-state index >= 15 is 0 Å². The maximum absolute atomic E-state index is 9.31. The highest BCUT2D eigenvalue weighted by Gasteiger charge is 2.19. The Hall–Kier alpha value is -1.45. The van der Waals surface area contributed by atoms with E-state index in [1.807, 2.05) is 23.9 Å². The first-order valence-electron chi connectivity index (χ1n) is 8.89. The maximum atomic E-state index is 9.31. The number of rotatable bonds is 6. The molecule has 1 heterocycles. The zero-order chi connectivity index (χ0) is 16.8. The van der Waals surface area contributed by atoms with Gasteiger partial charge < -0.3 is 10.0 Å². The number of hydrogen-bond donors (Lipinski definition) is 1. The van der Waals surface area contributed by atoms with Gasteiger partial charge in [-0.05, 0) is 75.0 Å². The van der Waals surface area contributed by atoms with Gasteiger partial charge in [0.25, 0.3) is 0 Å². The van der Waals surface area contributed by atoms with Crippen LogP contribution in [0.5, 0.6) is 5.75 Å². The molecule has 1 fully saturated rings. The fourth-order valence-corrected chi connectivity index (χ4v) is 4.22. The molecule has 3 heteroatoms. The van der Waals surface area contributed by atoms with Crippen molar-refractivity contribution in [2.75, 3.05) is 25.4 Å². The van der Waals surface area contributed by atoms with E-state index in [2.05, 4.69) is 36.1 Å².